The summed E-state index contributed by atoms with van der Waals surface area (Å²) in [5.41, 5.74) is 1.91. The third kappa shape index (κ3) is 5.14. The largest absolute Gasteiger partial charge is 0.478 e. The molecule has 4 aromatic rings. The summed E-state index contributed by atoms with van der Waals surface area (Å²) in [5, 5.41) is 14.7. The van der Waals surface area contributed by atoms with Gasteiger partial charge in [0.15, 0.2) is 0 Å². The van der Waals surface area contributed by atoms with Crippen LogP contribution in [0, 0.1) is 0 Å². The van der Waals surface area contributed by atoms with Crippen LogP contribution in [0.2, 0.25) is 10.0 Å². The summed E-state index contributed by atoms with van der Waals surface area (Å²) in [6.45, 7) is 8.24. The average Bonchev–Trinajstić information content (AvgIpc) is 3.56. The van der Waals surface area contributed by atoms with Crippen LogP contribution < -0.4 is 4.90 Å². The lowest BCUT2D eigenvalue weighted by Crippen LogP contribution is -2.58. The maximum atomic E-state index is 14.4. The number of amides is 1. The van der Waals surface area contributed by atoms with Crippen molar-refractivity contribution in [2.45, 2.75) is 25.9 Å². The smallest absolute Gasteiger partial charge is 0.328 e. The molecule has 1 N–H and O–H groups in total. The number of halogens is 2. The Morgan fingerprint density at radius 3 is 2.34 bits per heavy atom. The minimum absolute atomic E-state index is 0.158. The minimum atomic E-state index is -1.08. The molecule has 0 radical (unpaired) electrons. The molecule has 1 amide bonds. The summed E-state index contributed by atoms with van der Waals surface area (Å²) in [5.74, 6) is -1.46. The fourth-order valence-corrected chi connectivity index (χ4v) is 5.95. The predicted molar refractivity (Wildman–Crippen MR) is 158 cm³/mol. The highest BCUT2D eigenvalue weighted by Crippen LogP contribution is 2.41. The van der Waals surface area contributed by atoms with Gasteiger partial charge in [-0.3, -0.25) is 14.2 Å². The topological polar surface area (TPSA) is 109 Å². The van der Waals surface area contributed by atoms with E-state index in [9.17, 15) is 14.4 Å². The van der Waals surface area contributed by atoms with Crippen LogP contribution in [0.15, 0.2) is 71.9 Å². The van der Waals surface area contributed by atoms with E-state index < -0.39 is 11.9 Å². The fraction of sp³-hybridized carbons (Fsp3) is 0.200. The Balaban J connectivity index is 1.68. The molecule has 3 heterocycles. The number of benzene rings is 2. The molecule has 210 valence electrons. The van der Waals surface area contributed by atoms with Gasteiger partial charge < -0.3 is 19.4 Å². The maximum absolute atomic E-state index is 14.4. The Bertz CT molecular complexity index is 1690. The molecular weight excluding hydrogens is 567 g/mol. The van der Waals surface area contributed by atoms with E-state index in [1.807, 2.05) is 18.7 Å². The van der Waals surface area contributed by atoms with E-state index in [-0.39, 0.29) is 35.1 Å². The minimum Gasteiger partial charge on any atom is -0.478 e. The summed E-state index contributed by atoms with van der Waals surface area (Å²) in [6, 6.07) is 11.6. The zero-order valence-corrected chi connectivity index (χ0v) is 23.8. The van der Waals surface area contributed by atoms with Crippen molar-refractivity contribution in [2.24, 2.45) is 0 Å². The van der Waals surface area contributed by atoms with Gasteiger partial charge in [0.05, 0.1) is 15.6 Å². The number of anilines is 1. The van der Waals surface area contributed by atoms with Crippen LogP contribution in [0.1, 0.15) is 29.8 Å². The van der Waals surface area contributed by atoms with E-state index in [0.717, 1.165) is 6.08 Å². The number of nitrogens with zero attached hydrogens (tertiary/aromatic N) is 4. The van der Waals surface area contributed by atoms with Gasteiger partial charge in [-0.15, -0.1) is 0 Å². The molecule has 0 saturated carbocycles. The zero-order chi connectivity index (χ0) is 29.4. The SMILES string of the molecule is C=CC(=O)N1C[C@@H](C)N(c2onc(-c3c(Cl)cccc3Cl)c2C(=O)n2ccc3c(/C=C/C(=O)O)cccc32)[C@@H](C)C1. The first-order valence-corrected chi connectivity index (χ1v) is 13.6. The number of aromatic nitrogens is 2. The summed E-state index contributed by atoms with van der Waals surface area (Å²) in [7, 11) is 0. The number of fused-ring (bicyclic) bond motifs is 1. The second-order valence-electron chi connectivity index (χ2n) is 9.80. The number of rotatable bonds is 6. The second-order valence-corrected chi connectivity index (χ2v) is 10.6. The van der Waals surface area contributed by atoms with Crippen LogP contribution >= 0.6 is 23.2 Å². The number of carbonyl (C=O) groups excluding carboxylic acids is 2. The van der Waals surface area contributed by atoms with E-state index in [1.54, 1.807) is 53.6 Å². The first-order valence-electron chi connectivity index (χ1n) is 12.8. The first-order chi connectivity index (χ1) is 19.6. The molecule has 9 nitrogen and oxygen atoms in total. The van der Waals surface area contributed by atoms with Crippen LogP contribution in [0.5, 0.6) is 0 Å². The number of carboxylic acid groups (broad SMARTS) is 1. The first kappa shape index (κ1) is 28.2. The molecule has 2 aromatic heterocycles. The molecule has 0 aliphatic carbocycles. The molecule has 1 aliphatic heterocycles. The second kappa shape index (κ2) is 11.3. The van der Waals surface area contributed by atoms with Crippen molar-refractivity contribution in [2.75, 3.05) is 18.0 Å². The number of carbonyl (C=O) groups is 3. The normalized spacial score (nSPS) is 17.4. The van der Waals surface area contributed by atoms with Crippen molar-refractivity contribution in [3.63, 3.8) is 0 Å². The van der Waals surface area contributed by atoms with Crippen LogP contribution in [-0.2, 0) is 9.59 Å². The van der Waals surface area contributed by atoms with Gasteiger partial charge in [-0.1, -0.05) is 53.1 Å². The third-order valence-electron chi connectivity index (χ3n) is 7.12. The third-order valence-corrected chi connectivity index (χ3v) is 7.75. The number of hydrogen-bond acceptors (Lipinski definition) is 6. The predicted octanol–water partition coefficient (Wildman–Crippen LogP) is 6.00. The van der Waals surface area contributed by atoms with Crippen molar-refractivity contribution >= 4 is 63.8 Å². The summed E-state index contributed by atoms with van der Waals surface area (Å²) >= 11 is 13.1. The highest BCUT2D eigenvalue weighted by Gasteiger charge is 2.38. The van der Waals surface area contributed by atoms with Gasteiger partial charge in [0.1, 0.15) is 11.3 Å². The average molecular weight is 593 g/mol. The zero-order valence-electron chi connectivity index (χ0n) is 22.3. The highest BCUT2D eigenvalue weighted by molar-refractivity contribution is 6.39. The summed E-state index contributed by atoms with van der Waals surface area (Å²) in [6.07, 6.45) is 5.43. The van der Waals surface area contributed by atoms with Crippen molar-refractivity contribution in [3.05, 3.63) is 88.6 Å². The van der Waals surface area contributed by atoms with Crippen LogP contribution in [-0.4, -0.2) is 62.7 Å². The quantitative estimate of drug-likeness (QED) is 0.273. The maximum Gasteiger partial charge on any atom is 0.328 e. The Labute approximate surface area is 245 Å². The van der Waals surface area contributed by atoms with Gasteiger partial charge in [-0.2, -0.15) is 0 Å². The van der Waals surface area contributed by atoms with Crippen LogP contribution in [0.4, 0.5) is 5.88 Å². The Morgan fingerprint density at radius 2 is 1.71 bits per heavy atom. The molecule has 41 heavy (non-hydrogen) atoms. The lowest BCUT2D eigenvalue weighted by atomic mass is 10.0. The van der Waals surface area contributed by atoms with E-state index >= 15 is 0 Å². The molecule has 11 heteroatoms. The van der Waals surface area contributed by atoms with Gasteiger partial charge in [0, 0.05) is 48.4 Å². The van der Waals surface area contributed by atoms with Crippen LogP contribution in [0.25, 0.3) is 28.2 Å². The Hall–Kier alpha value is -4.34. The Morgan fingerprint density at radius 1 is 1.05 bits per heavy atom. The summed E-state index contributed by atoms with van der Waals surface area (Å²) in [4.78, 5) is 41.5. The Kier molecular flexibility index (Phi) is 7.75. The number of piperazine rings is 1. The molecule has 1 fully saturated rings. The van der Waals surface area contributed by atoms with Gasteiger partial charge in [0.2, 0.25) is 11.8 Å². The molecule has 0 bridgehead atoms. The molecule has 1 aliphatic rings. The number of aliphatic carboxylic acids is 1. The monoisotopic (exact) mass is 592 g/mol. The molecule has 5 rings (SSSR count). The molecule has 0 spiro atoms. The van der Waals surface area contributed by atoms with Crippen molar-refractivity contribution in [1.82, 2.24) is 14.6 Å². The van der Waals surface area contributed by atoms with Gasteiger partial charge in [-0.25, -0.2) is 4.79 Å². The van der Waals surface area contributed by atoms with Crippen molar-refractivity contribution < 1.29 is 24.0 Å². The van der Waals surface area contributed by atoms with E-state index in [4.69, 9.17) is 32.8 Å². The van der Waals surface area contributed by atoms with Crippen molar-refractivity contribution in [1.29, 1.82) is 0 Å². The lowest BCUT2D eigenvalue weighted by Gasteiger charge is -2.44. The molecule has 1 saturated heterocycles. The number of carboxylic acids is 1. The van der Waals surface area contributed by atoms with Crippen molar-refractivity contribution in [3.8, 4) is 11.3 Å². The molecule has 2 aromatic carbocycles. The lowest BCUT2D eigenvalue weighted by molar-refractivity contribution is -0.131. The van der Waals surface area contributed by atoms with E-state index in [2.05, 4.69) is 11.7 Å². The van der Waals surface area contributed by atoms with Gasteiger partial charge in [0.25, 0.3) is 5.91 Å². The molecular formula is C30H26Cl2N4O5. The van der Waals surface area contributed by atoms with E-state index in [0.29, 0.717) is 45.2 Å². The fourth-order valence-electron chi connectivity index (χ4n) is 5.37. The highest BCUT2D eigenvalue weighted by atomic mass is 35.5. The van der Waals surface area contributed by atoms with Gasteiger partial charge >= 0.3 is 5.97 Å². The number of hydrogen-bond donors (Lipinski definition) is 1. The van der Waals surface area contributed by atoms with Crippen LogP contribution in [0.3, 0.4) is 0 Å². The molecule has 2 atom stereocenters. The summed E-state index contributed by atoms with van der Waals surface area (Å²) < 4.78 is 7.37. The molecule has 0 unspecified atom stereocenters. The van der Waals surface area contributed by atoms with E-state index in [1.165, 1.54) is 16.7 Å². The van der Waals surface area contributed by atoms with Gasteiger partial charge in [-0.05, 0) is 55.8 Å². The standard InChI is InChI=1S/C30H26Cl2N4O5/c1-4-24(37)34-15-17(2)36(18(3)16-34)30-27(28(33-41-30)26-21(31)8-6-9-22(26)32)29(40)35-14-13-20-19(11-12-25(38)39)7-5-10-23(20)35/h4-14,17-18H,1,15-16H2,2-3H3,(H,38,39)/b12-11+/t17-,18+.